The molecular formula is C15H12ClF3N4O4S. The molecule has 1 aromatic heterocycles. The molecule has 28 heavy (non-hydrogen) atoms. The van der Waals surface area contributed by atoms with E-state index in [2.05, 4.69) is 10.3 Å². The van der Waals surface area contributed by atoms with Crippen LogP contribution in [0, 0.1) is 0 Å². The number of hydrogen-bond donors (Lipinski definition) is 3. The molecule has 0 unspecified atom stereocenters. The van der Waals surface area contributed by atoms with Gasteiger partial charge in [0.2, 0.25) is 9.84 Å². The standard InChI is InChI=1S/C15H12ClF3N4O4S/c16-10-2-4-11(5-3-10)21-14(25)23-22-12(24)8-28(26,27)13-6-1-9(7-20-13)15(17,18)19/h1-7H,8H2,(H,22,24)(H2,21,23,25). The fourth-order valence-corrected chi connectivity index (χ4v) is 3.02. The Morgan fingerprint density at radius 2 is 1.68 bits per heavy atom. The van der Waals surface area contributed by atoms with Crippen LogP contribution in [-0.4, -0.2) is 31.1 Å². The summed E-state index contributed by atoms with van der Waals surface area (Å²) in [6.45, 7) is 0. The van der Waals surface area contributed by atoms with Crippen LogP contribution in [0.5, 0.6) is 0 Å². The van der Waals surface area contributed by atoms with Gasteiger partial charge in [-0.15, -0.1) is 0 Å². The topological polar surface area (TPSA) is 117 Å². The van der Waals surface area contributed by atoms with Gasteiger partial charge in [-0.2, -0.15) is 13.2 Å². The molecule has 0 radical (unpaired) electrons. The third kappa shape index (κ3) is 6.09. The summed E-state index contributed by atoms with van der Waals surface area (Å²) in [5, 5.41) is 2.09. The molecule has 3 N–H and O–H groups in total. The Kier molecular flexibility index (Phi) is 6.46. The van der Waals surface area contributed by atoms with Gasteiger partial charge in [0.15, 0.2) is 5.03 Å². The number of sulfone groups is 1. The van der Waals surface area contributed by atoms with Crippen molar-refractivity contribution < 1.29 is 31.2 Å². The third-order valence-corrected chi connectivity index (χ3v) is 4.89. The van der Waals surface area contributed by atoms with E-state index in [1.165, 1.54) is 24.3 Å². The molecule has 3 amide bonds. The number of rotatable bonds is 4. The molecule has 0 fully saturated rings. The Hall–Kier alpha value is -2.86. The number of hydrazine groups is 1. The first-order valence-corrected chi connectivity index (χ1v) is 9.38. The van der Waals surface area contributed by atoms with Crippen molar-refractivity contribution in [2.45, 2.75) is 11.2 Å². The molecule has 13 heteroatoms. The van der Waals surface area contributed by atoms with Crippen molar-refractivity contribution in [2.24, 2.45) is 0 Å². The molecule has 0 aliphatic carbocycles. The summed E-state index contributed by atoms with van der Waals surface area (Å²) in [5.41, 5.74) is 3.02. The number of nitrogens with zero attached hydrogens (tertiary/aromatic N) is 1. The predicted molar refractivity (Wildman–Crippen MR) is 93.0 cm³/mol. The largest absolute Gasteiger partial charge is 0.417 e. The Balaban J connectivity index is 1.90. The van der Waals surface area contributed by atoms with Gasteiger partial charge in [-0.1, -0.05) is 11.6 Å². The highest BCUT2D eigenvalue weighted by Crippen LogP contribution is 2.28. The molecule has 1 heterocycles. The lowest BCUT2D eigenvalue weighted by molar-refractivity contribution is -0.137. The molecule has 0 aliphatic rings. The van der Waals surface area contributed by atoms with Gasteiger partial charge in [0.05, 0.1) is 5.56 Å². The molecule has 2 rings (SSSR count). The summed E-state index contributed by atoms with van der Waals surface area (Å²) in [6.07, 6.45) is -4.32. The minimum atomic E-state index is -4.67. The van der Waals surface area contributed by atoms with Crippen LogP contribution in [0.3, 0.4) is 0 Å². The number of halogens is 4. The van der Waals surface area contributed by atoms with Crippen LogP contribution < -0.4 is 16.2 Å². The van der Waals surface area contributed by atoms with E-state index in [9.17, 15) is 31.2 Å². The zero-order valence-corrected chi connectivity index (χ0v) is 15.3. The second-order valence-corrected chi connectivity index (χ2v) is 7.65. The Morgan fingerprint density at radius 3 is 2.21 bits per heavy atom. The smallest absolute Gasteiger partial charge is 0.307 e. The zero-order valence-electron chi connectivity index (χ0n) is 13.7. The van der Waals surface area contributed by atoms with Gasteiger partial charge >= 0.3 is 12.2 Å². The lowest BCUT2D eigenvalue weighted by Gasteiger charge is -2.10. The van der Waals surface area contributed by atoms with Crippen LogP contribution in [0.4, 0.5) is 23.7 Å². The lowest BCUT2D eigenvalue weighted by atomic mass is 10.3. The van der Waals surface area contributed by atoms with E-state index in [0.29, 0.717) is 29.0 Å². The van der Waals surface area contributed by atoms with Crippen LogP contribution in [0.2, 0.25) is 5.02 Å². The van der Waals surface area contributed by atoms with E-state index in [-0.39, 0.29) is 0 Å². The Morgan fingerprint density at radius 1 is 1.04 bits per heavy atom. The van der Waals surface area contributed by atoms with Gasteiger partial charge in [-0.05, 0) is 36.4 Å². The van der Waals surface area contributed by atoms with Crippen LogP contribution >= 0.6 is 11.6 Å². The fourth-order valence-electron chi connectivity index (χ4n) is 1.84. The van der Waals surface area contributed by atoms with Crippen molar-refractivity contribution in [3.05, 3.63) is 53.2 Å². The number of amides is 3. The number of anilines is 1. The number of carbonyl (C=O) groups excluding carboxylic acids is 2. The molecule has 0 spiro atoms. The maximum Gasteiger partial charge on any atom is 0.417 e. The quantitative estimate of drug-likeness (QED) is 0.636. The van der Waals surface area contributed by atoms with E-state index >= 15 is 0 Å². The van der Waals surface area contributed by atoms with E-state index in [4.69, 9.17) is 11.6 Å². The highest BCUT2D eigenvalue weighted by Gasteiger charge is 2.31. The average molecular weight is 437 g/mol. The maximum atomic E-state index is 12.5. The molecule has 0 saturated carbocycles. The number of carbonyl (C=O) groups is 2. The molecule has 8 nitrogen and oxygen atoms in total. The number of alkyl halides is 3. The van der Waals surface area contributed by atoms with Gasteiger partial charge in [0, 0.05) is 16.9 Å². The zero-order chi connectivity index (χ0) is 20.9. The fraction of sp³-hybridized carbons (Fsp3) is 0.133. The number of pyridine rings is 1. The van der Waals surface area contributed by atoms with Crippen molar-refractivity contribution >= 4 is 39.1 Å². The first kappa shape index (κ1) is 21.4. The highest BCUT2D eigenvalue weighted by atomic mass is 35.5. The summed E-state index contributed by atoms with van der Waals surface area (Å²) >= 11 is 5.69. The first-order chi connectivity index (χ1) is 13.0. The minimum absolute atomic E-state index is 0.350. The van der Waals surface area contributed by atoms with Crippen LogP contribution in [0.1, 0.15) is 5.56 Å². The molecule has 0 aliphatic heterocycles. The molecular weight excluding hydrogens is 425 g/mol. The second-order valence-electron chi connectivity index (χ2n) is 5.28. The van der Waals surface area contributed by atoms with Crippen LogP contribution in [-0.2, 0) is 20.8 Å². The van der Waals surface area contributed by atoms with Crippen LogP contribution in [0.15, 0.2) is 47.6 Å². The van der Waals surface area contributed by atoms with E-state index in [0.717, 1.165) is 0 Å². The number of urea groups is 1. The summed E-state index contributed by atoms with van der Waals surface area (Å²) < 4.78 is 61.5. The number of hydrogen-bond acceptors (Lipinski definition) is 5. The van der Waals surface area contributed by atoms with Gasteiger partial charge < -0.3 is 5.32 Å². The molecule has 0 atom stereocenters. The highest BCUT2D eigenvalue weighted by molar-refractivity contribution is 7.92. The third-order valence-electron chi connectivity index (χ3n) is 3.12. The maximum absolute atomic E-state index is 12.5. The number of aromatic nitrogens is 1. The number of nitrogens with one attached hydrogen (secondary N) is 3. The van der Waals surface area contributed by atoms with Crippen molar-refractivity contribution in [1.29, 1.82) is 0 Å². The van der Waals surface area contributed by atoms with E-state index in [1.54, 1.807) is 0 Å². The van der Waals surface area contributed by atoms with Crippen molar-refractivity contribution in [1.82, 2.24) is 15.8 Å². The van der Waals surface area contributed by atoms with Crippen molar-refractivity contribution in [3.8, 4) is 0 Å². The second kappa shape index (κ2) is 8.44. The monoisotopic (exact) mass is 436 g/mol. The predicted octanol–water partition coefficient (Wildman–Crippen LogP) is 2.38. The molecule has 2 aromatic rings. The lowest BCUT2D eigenvalue weighted by Crippen LogP contribution is -2.46. The molecule has 0 bridgehead atoms. The normalized spacial score (nSPS) is 11.6. The van der Waals surface area contributed by atoms with Gasteiger partial charge in [-0.3, -0.25) is 10.2 Å². The Bertz CT molecular complexity index is 964. The summed E-state index contributed by atoms with van der Waals surface area (Å²) in [5.74, 6) is -2.25. The van der Waals surface area contributed by atoms with Gasteiger partial charge in [-0.25, -0.2) is 23.6 Å². The summed E-state index contributed by atoms with van der Waals surface area (Å²) in [7, 11) is -4.31. The summed E-state index contributed by atoms with van der Waals surface area (Å²) in [4.78, 5) is 26.6. The van der Waals surface area contributed by atoms with Gasteiger partial charge in [0.1, 0.15) is 5.75 Å². The SMILES string of the molecule is O=C(CS(=O)(=O)c1ccc(C(F)(F)F)cn1)NNC(=O)Nc1ccc(Cl)cc1. The minimum Gasteiger partial charge on any atom is -0.307 e. The summed E-state index contributed by atoms with van der Waals surface area (Å²) in [6, 6.07) is 6.33. The first-order valence-electron chi connectivity index (χ1n) is 7.35. The van der Waals surface area contributed by atoms with Crippen molar-refractivity contribution in [2.75, 3.05) is 11.1 Å². The van der Waals surface area contributed by atoms with Gasteiger partial charge in [0.25, 0.3) is 5.91 Å². The van der Waals surface area contributed by atoms with Crippen LogP contribution in [0.25, 0.3) is 0 Å². The molecule has 1 aromatic carbocycles. The van der Waals surface area contributed by atoms with E-state index in [1.807, 2.05) is 10.9 Å². The average Bonchev–Trinajstić information content (AvgIpc) is 2.61. The van der Waals surface area contributed by atoms with Crippen molar-refractivity contribution in [3.63, 3.8) is 0 Å². The van der Waals surface area contributed by atoms with E-state index < -0.39 is 44.3 Å². The number of benzene rings is 1. The molecule has 150 valence electrons. The molecule has 0 saturated heterocycles. The Labute approximate surface area is 162 Å².